The number of carbonyl (C=O) groups is 1. The number of anilines is 2. The van der Waals surface area contributed by atoms with Gasteiger partial charge in [0.15, 0.2) is 5.13 Å². The van der Waals surface area contributed by atoms with Crippen molar-refractivity contribution in [3.05, 3.63) is 35.6 Å². The molecular formula is C14H15N5OS. The average molecular weight is 301 g/mol. The van der Waals surface area contributed by atoms with Gasteiger partial charge in [-0.1, -0.05) is 13.0 Å². The minimum absolute atomic E-state index is 0.124. The number of benzene rings is 1. The first-order valence-corrected chi connectivity index (χ1v) is 7.50. The van der Waals surface area contributed by atoms with Crippen molar-refractivity contribution in [3.8, 4) is 0 Å². The molecule has 0 unspecified atom stereocenters. The van der Waals surface area contributed by atoms with Crippen LogP contribution in [0.3, 0.4) is 0 Å². The molecule has 0 radical (unpaired) electrons. The predicted octanol–water partition coefficient (Wildman–Crippen LogP) is 2.28. The number of imidazole rings is 1. The van der Waals surface area contributed by atoms with E-state index in [9.17, 15) is 4.79 Å². The molecule has 1 amide bonds. The van der Waals surface area contributed by atoms with Gasteiger partial charge in [-0.2, -0.15) is 0 Å². The first-order chi connectivity index (χ1) is 10.2. The monoisotopic (exact) mass is 301 g/mol. The van der Waals surface area contributed by atoms with Gasteiger partial charge in [-0.15, -0.1) is 11.3 Å². The summed E-state index contributed by atoms with van der Waals surface area (Å²) in [5.74, 6) is 0.721. The van der Waals surface area contributed by atoms with E-state index < -0.39 is 0 Å². The Hall–Kier alpha value is -2.41. The van der Waals surface area contributed by atoms with Crippen LogP contribution in [0.1, 0.15) is 12.7 Å². The zero-order valence-corrected chi connectivity index (χ0v) is 12.4. The standard InChI is InChI=1S/C14H15N5OS/c1-2-11-17-13-9(15)4-3-5-10(13)19(11)8-12(20)18-14-16-6-7-21-14/h3-7H,2,8,15H2,1H3,(H,16,18,20). The van der Waals surface area contributed by atoms with Crippen LogP contribution in [-0.2, 0) is 17.8 Å². The number of amides is 1. The molecule has 0 aliphatic carbocycles. The molecule has 108 valence electrons. The molecule has 0 bridgehead atoms. The Morgan fingerprint density at radius 1 is 1.48 bits per heavy atom. The van der Waals surface area contributed by atoms with Gasteiger partial charge < -0.3 is 15.6 Å². The minimum atomic E-state index is -0.124. The first kappa shape index (κ1) is 13.6. The van der Waals surface area contributed by atoms with Crippen molar-refractivity contribution in [2.24, 2.45) is 0 Å². The van der Waals surface area contributed by atoms with E-state index >= 15 is 0 Å². The lowest BCUT2D eigenvalue weighted by atomic mass is 10.3. The number of fused-ring (bicyclic) bond motifs is 1. The van der Waals surface area contributed by atoms with Crippen LogP contribution in [0, 0.1) is 0 Å². The number of nitrogen functional groups attached to an aromatic ring is 1. The molecule has 7 heteroatoms. The molecule has 21 heavy (non-hydrogen) atoms. The maximum atomic E-state index is 12.2. The van der Waals surface area contributed by atoms with Crippen molar-refractivity contribution in [2.75, 3.05) is 11.1 Å². The van der Waals surface area contributed by atoms with Gasteiger partial charge in [-0.05, 0) is 12.1 Å². The fraction of sp³-hybridized carbons (Fsp3) is 0.214. The van der Waals surface area contributed by atoms with Crippen LogP contribution in [0.15, 0.2) is 29.8 Å². The molecule has 0 atom stereocenters. The lowest BCUT2D eigenvalue weighted by Gasteiger charge is -2.07. The van der Waals surface area contributed by atoms with Crippen molar-refractivity contribution < 1.29 is 4.79 Å². The van der Waals surface area contributed by atoms with E-state index in [-0.39, 0.29) is 12.5 Å². The Kier molecular flexibility index (Phi) is 3.57. The SMILES string of the molecule is CCc1nc2c(N)cccc2n1CC(=O)Nc1nccs1. The molecule has 3 rings (SSSR count). The normalized spacial score (nSPS) is 10.9. The van der Waals surface area contributed by atoms with Crippen molar-refractivity contribution in [1.82, 2.24) is 14.5 Å². The molecule has 0 fully saturated rings. The fourth-order valence-electron chi connectivity index (χ4n) is 2.25. The summed E-state index contributed by atoms with van der Waals surface area (Å²) in [5, 5.41) is 5.20. The summed E-state index contributed by atoms with van der Waals surface area (Å²) in [6.07, 6.45) is 2.39. The van der Waals surface area contributed by atoms with Crippen LogP contribution in [0.4, 0.5) is 10.8 Å². The molecule has 2 heterocycles. The van der Waals surface area contributed by atoms with Gasteiger partial charge in [0.05, 0.1) is 11.2 Å². The number of rotatable bonds is 4. The summed E-state index contributed by atoms with van der Waals surface area (Å²) in [6.45, 7) is 2.20. The minimum Gasteiger partial charge on any atom is -0.397 e. The number of aryl methyl sites for hydroxylation is 1. The van der Waals surface area contributed by atoms with E-state index in [0.29, 0.717) is 10.8 Å². The van der Waals surface area contributed by atoms with E-state index in [1.807, 2.05) is 35.1 Å². The Labute approximate surface area is 125 Å². The van der Waals surface area contributed by atoms with Gasteiger partial charge in [0.1, 0.15) is 17.9 Å². The molecule has 6 nitrogen and oxygen atoms in total. The number of nitrogens with two attached hydrogens (primary N) is 1. The highest BCUT2D eigenvalue weighted by molar-refractivity contribution is 7.13. The maximum Gasteiger partial charge on any atom is 0.246 e. The number of hydrogen-bond donors (Lipinski definition) is 2. The highest BCUT2D eigenvalue weighted by Crippen LogP contribution is 2.22. The van der Waals surface area contributed by atoms with Gasteiger partial charge in [-0.3, -0.25) is 4.79 Å². The predicted molar refractivity (Wildman–Crippen MR) is 84.3 cm³/mol. The van der Waals surface area contributed by atoms with Crippen molar-refractivity contribution in [2.45, 2.75) is 19.9 Å². The summed E-state index contributed by atoms with van der Waals surface area (Å²) in [6, 6.07) is 5.61. The third-order valence-corrected chi connectivity index (χ3v) is 3.87. The number of nitrogens with zero attached hydrogens (tertiary/aromatic N) is 3. The molecule has 3 N–H and O–H groups in total. The topological polar surface area (TPSA) is 85.8 Å². The smallest absolute Gasteiger partial charge is 0.246 e. The van der Waals surface area contributed by atoms with E-state index in [1.54, 1.807) is 6.20 Å². The summed E-state index contributed by atoms with van der Waals surface area (Å²) < 4.78 is 1.90. The molecule has 0 aliphatic heterocycles. The lowest BCUT2D eigenvalue weighted by molar-refractivity contribution is -0.116. The first-order valence-electron chi connectivity index (χ1n) is 6.62. The van der Waals surface area contributed by atoms with Crippen LogP contribution in [0.25, 0.3) is 11.0 Å². The highest BCUT2D eigenvalue weighted by atomic mass is 32.1. The Morgan fingerprint density at radius 3 is 3.05 bits per heavy atom. The quantitative estimate of drug-likeness (QED) is 0.724. The second kappa shape index (κ2) is 5.53. The van der Waals surface area contributed by atoms with Crippen LogP contribution >= 0.6 is 11.3 Å². The number of hydrogen-bond acceptors (Lipinski definition) is 5. The Balaban J connectivity index is 1.92. The number of carbonyl (C=O) groups excluding carboxylic acids is 1. The highest BCUT2D eigenvalue weighted by Gasteiger charge is 2.14. The van der Waals surface area contributed by atoms with Crippen LogP contribution < -0.4 is 11.1 Å². The fourth-order valence-corrected chi connectivity index (χ4v) is 2.80. The number of thiazole rings is 1. The summed E-state index contributed by atoms with van der Waals surface area (Å²) in [5.41, 5.74) is 8.20. The third kappa shape index (κ3) is 2.59. The zero-order chi connectivity index (χ0) is 14.8. The Bertz CT molecular complexity index is 778. The van der Waals surface area contributed by atoms with Gasteiger partial charge in [0, 0.05) is 18.0 Å². The van der Waals surface area contributed by atoms with Gasteiger partial charge in [0.2, 0.25) is 5.91 Å². The Morgan fingerprint density at radius 2 is 2.33 bits per heavy atom. The number of para-hydroxylation sites is 1. The van der Waals surface area contributed by atoms with E-state index in [2.05, 4.69) is 15.3 Å². The van der Waals surface area contributed by atoms with Crippen molar-refractivity contribution >= 4 is 39.1 Å². The largest absolute Gasteiger partial charge is 0.397 e. The molecule has 0 aliphatic rings. The number of aromatic nitrogens is 3. The molecule has 0 saturated heterocycles. The zero-order valence-electron chi connectivity index (χ0n) is 11.5. The second-order valence-corrected chi connectivity index (χ2v) is 5.46. The van der Waals surface area contributed by atoms with E-state index in [0.717, 1.165) is 23.3 Å². The van der Waals surface area contributed by atoms with Crippen LogP contribution in [0.5, 0.6) is 0 Å². The van der Waals surface area contributed by atoms with Crippen molar-refractivity contribution in [1.29, 1.82) is 0 Å². The average Bonchev–Trinajstić information content (AvgIpc) is 3.08. The van der Waals surface area contributed by atoms with Gasteiger partial charge >= 0.3 is 0 Å². The lowest BCUT2D eigenvalue weighted by Crippen LogP contribution is -2.19. The van der Waals surface area contributed by atoms with Gasteiger partial charge in [0.25, 0.3) is 0 Å². The summed E-state index contributed by atoms with van der Waals surface area (Å²) in [7, 11) is 0. The molecule has 1 aromatic carbocycles. The van der Waals surface area contributed by atoms with Gasteiger partial charge in [-0.25, -0.2) is 9.97 Å². The molecule has 0 saturated carbocycles. The molecular weight excluding hydrogens is 286 g/mol. The molecule has 3 aromatic rings. The second-order valence-electron chi connectivity index (χ2n) is 4.57. The number of nitrogens with one attached hydrogen (secondary N) is 1. The van der Waals surface area contributed by atoms with Crippen molar-refractivity contribution in [3.63, 3.8) is 0 Å². The van der Waals surface area contributed by atoms with Crippen LogP contribution in [0.2, 0.25) is 0 Å². The van der Waals surface area contributed by atoms with E-state index in [4.69, 9.17) is 5.73 Å². The maximum absolute atomic E-state index is 12.2. The van der Waals surface area contributed by atoms with Crippen LogP contribution in [-0.4, -0.2) is 20.4 Å². The third-order valence-electron chi connectivity index (χ3n) is 3.19. The molecule has 2 aromatic heterocycles. The summed E-state index contributed by atoms with van der Waals surface area (Å²) >= 11 is 1.39. The van der Waals surface area contributed by atoms with E-state index in [1.165, 1.54) is 11.3 Å². The molecule has 0 spiro atoms. The summed E-state index contributed by atoms with van der Waals surface area (Å²) in [4.78, 5) is 20.7.